The van der Waals surface area contributed by atoms with Gasteiger partial charge in [-0.05, 0) is 26.9 Å². The van der Waals surface area contributed by atoms with Crippen LogP contribution in [0.15, 0.2) is 9.42 Å². The summed E-state index contributed by atoms with van der Waals surface area (Å²) in [4.78, 5) is 16.2. The highest BCUT2D eigenvalue weighted by Crippen LogP contribution is 2.24. The van der Waals surface area contributed by atoms with Crippen molar-refractivity contribution in [2.45, 2.75) is 32.6 Å². The summed E-state index contributed by atoms with van der Waals surface area (Å²) in [6.07, 6.45) is 0. The van der Waals surface area contributed by atoms with Gasteiger partial charge in [-0.2, -0.15) is 4.31 Å². The first-order valence-electron chi connectivity index (χ1n) is 8.24. The minimum Gasteiger partial charge on any atom is -0.360 e. The van der Waals surface area contributed by atoms with Crippen molar-refractivity contribution in [3.8, 4) is 0 Å². The Labute approximate surface area is 143 Å². The molecular weight excluding hydrogens is 332 g/mol. The van der Waals surface area contributed by atoms with Crippen LogP contribution in [0.1, 0.15) is 25.3 Å². The number of rotatable bonds is 6. The second-order valence-electron chi connectivity index (χ2n) is 5.90. The summed E-state index contributed by atoms with van der Waals surface area (Å²) in [5, 5.41) is 3.72. The Morgan fingerprint density at radius 1 is 1.17 bits per heavy atom. The van der Waals surface area contributed by atoms with Crippen LogP contribution in [0, 0.1) is 13.8 Å². The Bertz CT molecular complexity index is 654. The summed E-state index contributed by atoms with van der Waals surface area (Å²) < 4.78 is 31.9. The molecule has 1 aliphatic rings. The third-order valence-corrected chi connectivity index (χ3v) is 6.55. The maximum Gasteiger partial charge on any atom is 0.248 e. The van der Waals surface area contributed by atoms with E-state index in [-0.39, 0.29) is 23.9 Å². The number of piperazine rings is 1. The van der Waals surface area contributed by atoms with Gasteiger partial charge in [0.25, 0.3) is 0 Å². The van der Waals surface area contributed by atoms with Crippen LogP contribution in [0.25, 0.3) is 0 Å². The van der Waals surface area contributed by atoms with Crippen molar-refractivity contribution in [2.75, 3.05) is 45.8 Å². The zero-order chi connectivity index (χ0) is 17.9. The third-order valence-electron chi connectivity index (χ3n) is 4.41. The van der Waals surface area contributed by atoms with E-state index >= 15 is 0 Å². The summed E-state index contributed by atoms with van der Waals surface area (Å²) in [6.45, 7) is 10.7. The highest BCUT2D eigenvalue weighted by molar-refractivity contribution is 7.89. The average molecular weight is 358 g/mol. The summed E-state index contributed by atoms with van der Waals surface area (Å²) in [5.74, 6) is 0.348. The number of aromatic nitrogens is 1. The van der Waals surface area contributed by atoms with Crippen molar-refractivity contribution in [2.24, 2.45) is 0 Å². The van der Waals surface area contributed by atoms with Gasteiger partial charge >= 0.3 is 0 Å². The number of carbonyl (C=O) groups is 1. The van der Waals surface area contributed by atoms with E-state index in [4.69, 9.17) is 4.52 Å². The molecule has 0 spiro atoms. The predicted octanol–water partition coefficient (Wildman–Crippen LogP) is 0.466. The Hall–Kier alpha value is -1.45. The average Bonchev–Trinajstić information content (AvgIpc) is 2.91. The fraction of sp³-hybridized carbons (Fsp3) is 0.733. The lowest BCUT2D eigenvalue weighted by Crippen LogP contribution is -2.52. The molecule has 0 saturated carbocycles. The van der Waals surface area contributed by atoms with E-state index in [0.29, 0.717) is 31.1 Å². The minimum absolute atomic E-state index is 0.0492. The molecule has 8 nitrogen and oxygen atoms in total. The molecule has 0 atom stereocenters. The van der Waals surface area contributed by atoms with Gasteiger partial charge in [-0.25, -0.2) is 8.42 Å². The molecule has 0 bridgehead atoms. The van der Waals surface area contributed by atoms with Crippen molar-refractivity contribution in [3.05, 3.63) is 11.5 Å². The standard InChI is InChI=1S/C15H26N4O4S/c1-5-17(6-2)11-14(20)18-7-9-19(10-8-18)24(21,22)15-12(3)16-23-13(15)4/h5-11H2,1-4H3. The lowest BCUT2D eigenvalue weighted by Gasteiger charge is -2.34. The molecule has 136 valence electrons. The van der Waals surface area contributed by atoms with Gasteiger partial charge < -0.3 is 9.42 Å². The number of likely N-dealkylation sites (N-methyl/N-ethyl adjacent to an activating group) is 1. The Kier molecular flexibility index (Phi) is 6.00. The van der Waals surface area contributed by atoms with Gasteiger partial charge in [0.1, 0.15) is 10.6 Å². The van der Waals surface area contributed by atoms with Gasteiger partial charge in [-0.1, -0.05) is 19.0 Å². The molecule has 0 aromatic carbocycles. The van der Waals surface area contributed by atoms with Crippen LogP contribution in [-0.4, -0.2) is 79.4 Å². The van der Waals surface area contributed by atoms with Crippen LogP contribution in [0.2, 0.25) is 0 Å². The summed E-state index contributed by atoms with van der Waals surface area (Å²) >= 11 is 0. The summed E-state index contributed by atoms with van der Waals surface area (Å²) in [5.41, 5.74) is 0.368. The largest absolute Gasteiger partial charge is 0.360 e. The van der Waals surface area contributed by atoms with Gasteiger partial charge in [-0.15, -0.1) is 0 Å². The van der Waals surface area contributed by atoms with Crippen LogP contribution >= 0.6 is 0 Å². The van der Waals surface area contributed by atoms with Crippen molar-refractivity contribution in [1.82, 2.24) is 19.3 Å². The molecule has 0 unspecified atom stereocenters. The van der Waals surface area contributed by atoms with Crippen LogP contribution in [-0.2, 0) is 14.8 Å². The molecule has 9 heteroatoms. The van der Waals surface area contributed by atoms with E-state index in [1.807, 2.05) is 13.8 Å². The third kappa shape index (κ3) is 3.79. The maximum absolute atomic E-state index is 12.8. The molecule has 1 aromatic rings. The number of hydrogen-bond acceptors (Lipinski definition) is 6. The molecule has 1 aliphatic heterocycles. The SMILES string of the molecule is CCN(CC)CC(=O)N1CCN(S(=O)(=O)c2c(C)noc2C)CC1. The summed E-state index contributed by atoms with van der Waals surface area (Å²) in [6, 6.07) is 0. The molecule has 1 saturated heterocycles. The second kappa shape index (κ2) is 7.62. The topological polar surface area (TPSA) is 87.0 Å². The molecule has 2 heterocycles. The van der Waals surface area contributed by atoms with Crippen molar-refractivity contribution < 1.29 is 17.7 Å². The first-order chi connectivity index (χ1) is 11.3. The number of amides is 1. The van der Waals surface area contributed by atoms with E-state index in [0.717, 1.165) is 13.1 Å². The molecule has 1 amide bonds. The van der Waals surface area contributed by atoms with Crippen LogP contribution in [0.5, 0.6) is 0 Å². The lowest BCUT2D eigenvalue weighted by molar-refractivity contribution is -0.133. The molecule has 0 N–H and O–H groups in total. The zero-order valence-corrected chi connectivity index (χ0v) is 15.6. The number of nitrogens with zero attached hydrogens (tertiary/aromatic N) is 4. The Morgan fingerprint density at radius 3 is 2.21 bits per heavy atom. The molecule has 1 fully saturated rings. The van der Waals surface area contributed by atoms with E-state index in [9.17, 15) is 13.2 Å². The maximum atomic E-state index is 12.8. The van der Waals surface area contributed by atoms with Gasteiger partial charge in [0.15, 0.2) is 5.76 Å². The van der Waals surface area contributed by atoms with E-state index in [1.54, 1.807) is 18.7 Å². The molecule has 2 rings (SSSR count). The predicted molar refractivity (Wildman–Crippen MR) is 89.1 cm³/mol. The molecule has 1 aromatic heterocycles. The molecule has 0 radical (unpaired) electrons. The fourth-order valence-corrected chi connectivity index (χ4v) is 4.60. The lowest BCUT2D eigenvalue weighted by atomic mass is 10.3. The van der Waals surface area contributed by atoms with Crippen molar-refractivity contribution >= 4 is 15.9 Å². The normalized spacial score (nSPS) is 16.8. The van der Waals surface area contributed by atoms with E-state index < -0.39 is 10.0 Å². The highest BCUT2D eigenvalue weighted by Gasteiger charge is 2.34. The van der Waals surface area contributed by atoms with Crippen LogP contribution < -0.4 is 0 Å². The van der Waals surface area contributed by atoms with Gasteiger partial charge in [0, 0.05) is 26.2 Å². The number of carbonyl (C=O) groups excluding carboxylic acids is 1. The van der Waals surface area contributed by atoms with Gasteiger partial charge in [0.2, 0.25) is 15.9 Å². The molecule has 0 aliphatic carbocycles. The second-order valence-corrected chi connectivity index (χ2v) is 7.77. The van der Waals surface area contributed by atoms with Crippen LogP contribution in [0.3, 0.4) is 0 Å². The fourth-order valence-electron chi connectivity index (χ4n) is 2.89. The first kappa shape index (κ1) is 18.9. The number of hydrogen-bond donors (Lipinski definition) is 0. The first-order valence-corrected chi connectivity index (χ1v) is 9.68. The monoisotopic (exact) mass is 358 g/mol. The quantitative estimate of drug-likeness (QED) is 0.734. The van der Waals surface area contributed by atoms with Gasteiger partial charge in [-0.3, -0.25) is 9.69 Å². The number of sulfonamides is 1. The highest BCUT2D eigenvalue weighted by atomic mass is 32.2. The van der Waals surface area contributed by atoms with Crippen LogP contribution in [0.4, 0.5) is 0 Å². The Balaban J connectivity index is 2.01. The molecule has 24 heavy (non-hydrogen) atoms. The molecular formula is C15H26N4O4S. The van der Waals surface area contributed by atoms with Crippen molar-refractivity contribution in [3.63, 3.8) is 0 Å². The Morgan fingerprint density at radius 2 is 1.75 bits per heavy atom. The minimum atomic E-state index is -3.63. The zero-order valence-electron chi connectivity index (χ0n) is 14.8. The number of aryl methyl sites for hydroxylation is 2. The van der Waals surface area contributed by atoms with Crippen molar-refractivity contribution in [1.29, 1.82) is 0 Å². The van der Waals surface area contributed by atoms with Gasteiger partial charge in [0.05, 0.1) is 6.54 Å². The van der Waals surface area contributed by atoms with E-state index in [1.165, 1.54) is 4.31 Å². The smallest absolute Gasteiger partial charge is 0.248 e. The van der Waals surface area contributed by atoms with E-state index in [2.05, 4.69) is 10.1 Å². The summed E-state index contributed by atoms with van der Waals surface area (Å²) in [7, 11) is -3.63.